The Balaban J connectivity index is 2.29. The number of nitrogens with two attached hydrogens (primary N) is 1. The van der Waals surface area contributed by atoms with Crippen LogP contribution in [0.25, 0.3) is 21.9 Å². The first-order valence-electron chi connectivity index (χ1n) is 6.88. The monoisotopic (exact) mass is 329 g/mol. The summed E-state index contributed by atoms with van der Waals surface area (Å²) in [5, 5.41) is 2.15. The average Bonchev–Trinajstić information content (AvgIpc) is 2.56. The van der Waals surface area contributed by atoms with Gasteiger partial charge in [-0.25, -0.2) is 9.18 Å². The number of carbonyl (C=O) groups excluding carboxylic acids is 1. The van der Waals surface area contributed by atoms with E-state index in [9.17, 15) is 9.18 Å². The Kier molecular flexibility index (Phi) is 3.92. The topological polar surface area (TPSA) is 52.3 Å². The highest BCUT2D eigenvalue weighted by molar-refractivity contribution is 6.36. The summed E-state index contributed by atoms with van der Waals surface area (Å²) >= 11 is 6.28. The second-order valence-corrected chi connectivity index (χ2v) is 5.43. The van der Waals surface area contributed by atoms with Crippen LogP contribution in [0.2, 0.25) is 5.02 Å². The minimum absolute atomic E-state index is 0.0000774. The van der Waals surface area contributed by atoms with Crippen LogP contribution in [0.5, 0.6) is 0 Å². The molecule has 0 fully saturated rings. The van der Waals surface area contributed by atoms with Crippen molar-refractivity contribution in [3.05, 3.63) is 64.9 Å². The van der Waals surface area contributed by atoms with E-state index in [1.165, 1.54) is 19.2 Å². The highest BCUT2D eigenvalue weighted by Crippen LogP contribution is 2.37. The number of hydrogen-bond donors (Lipinski definition) is 1. The Morgan fingerprint density at radius 3 is 2.48 bits per heavy atom. The van der Waals surface area contributed by atoms with Gasteiger partial charge in [0.05, 0.1) is 18.4 Å². The van der Waals surface area contributed by atoms with Crippen LogP contribution in [-0.2, 0) is 4.74 Å². The molecule has 0 amide bonds. The molecular weight excluding hydrogens is 317 g/mol. The highest BCUT2D eigenvalue weighted by atomic mass is 35.5. The summed E-state index contributed by atoms with van der Waals surface area (Å²) in [6.07, 6.45) is 0. The molecule has 0 aliphatic heterocycles. The fraction of sp³-hybridized carbons (Fsp3) is 0.0556. The molecule has 0 aliphatic carbocycles. The van der Waals surface area contributed by atoms with Crippen LogP contribution in [0.3, 0.4) is 0 Å². The van der Waals surface area contributed by atoms with Crippen molar-refractivity contribution >= 4 is 34.0 Å². The molecule has 3 nitrogen and oxygen atoms in total. The number of hydrogen-bond acceptors (Lipinski definition) is 3. The molecule has 0 bridgehead atoms. The third-order valence-electron chi connectivity index (χ3n) is 3.73. The average molecular weight is 330 g/mol. The maximum absolute atomic E-state index is 14.7. The quantitative estimate of drug-likeness (QED) is 0.549. The number of esters is 1. The van der Waals surface area contributed by atoms with Crippen LogP contribution in [0.15, 0.2) is 48.5 Å². The molecule has 23 heavy (non-hydrogen) atoms. The molecule has 0 heterocycles. The van der Waals surface area contributed by atoms with E-state index in [0.29, 0.717) is 10.6 Å². The lowest BCUT2D eigenvalue weighted by Gasteiger charge is -2.12. The fourth-order valence-electron chi connectivity index (χ4n) is 2.61. The molecule has 0 spiro atoms. The summed E-state index contributed by atoms with van der Waals surface area (Å²) in [7, 11) is 1.22. The van der Waals surface area contributed by atoms with Gasteiger partial charge in [0.25, 0.3) is 0 Å². The number of benzene rings is 3. The molecule has 0 atom stereocenters. The maximum Gasteiger partial charge on any atom is 0.340 e. The Morgan fingerprint density at radius 2 is 1.78 bits per heavy atom. The smallest absolute Gasteiger partial charge is 0.340 e. The number of carbonyl (C=O) groups is 1. The second-order valence-electron chi connectivity index (χ2n) is 5.02. The van der Waals surface area contributed by atoms with Crippen LogP contribution in [0.4, 0.5) is 10.1 Å². The second kappa shape index (κ2) is 5.89. The lowest BCUT2D eigenvalue weighted by Crippen LogP contribution is -2.08. The largest absolute Gasteiger partial charge is 0.465 e. The lowest BCUT2D eigenvalue weighted by atomic mass is 9.96. The molecule has 3 aromatic carbocycles. The Bertz CT molecular complexity index is 919. The van der Waals surface area contributed by atoms with Gasteiger partial charge in [0, 0.05) is 16.0 Å². The summed E-state index contributed by atoms with van der Waals surface area (Å²) in [4.78, 5) is 11.6. The van der Waals surface area contributed by atoms with Crippen molar-refractivity contribution in [3.8, 4) is 11.1 Å². The first kappa shape index (κ1) is 15.3. The number of ether oxygens (including phenoxy) is 1. The Hall–Kier alpha value is -2.59. The van der Waals surface area contributed by atoms with E-state index in [-0.39, 0.29) is 16.8 Å². The predicted octanol–water partition coefficient (Wildman–Crippen LogP) is 4.67. The van der Waals surface area contributed by atoms with E-state index in [2.05, 4.69) is 4.74 Å². The molecule has 3 rings (SSSR count). The van der Waals surface area contributed by atoms with E-state index < -0.39 is 11.8 Å². The SMILES string of the molecule is COC(=O)c1ccc(-c2cccc3cccc(Cl)c23)c(F)c1N. The molecule has 0 unspecified atom stereocenters. The van der Waals surface area contributed by atoms with Crippen LogP contribution >= 0.6 is 11.6 Å². The minimum Gasteiger partial charge on any atom is -0.465 e. The number of rotatable bonds is 2. The van der Waals surface area contributed by atoms with Crippen molar-refractivity contribution in [2.75, 3.05) is 12.8 Å². The third-order valence-corrected chi connectivity index (χ3v) is 4.04. The van der Waals surface area contributed by atoms with Crippen LogP contribution in [0, 0.1) is 5.82 Å². The fourth-order valence-corrected chi connectivity index (χ4v) is 2.89. The molecule has 0 saturated carbocycles. The molecule has 2 N–H and O–H groups in total. The number of fused-ring (bicyclic) bond motifs is 1. The van der Waals surface area contributed by atoms with Crippen molar-refractivity contribution in [2.45, 2.75) is 0 Å². The van der Waals surface area contributed by atoms with Crippen LogP contribution in [-0.4, -0.2) is 13.1 Å². The zero-order valence-corrected chi connectivity index (χ0v) is 13.0. The molecular formula is C18H13ClFNO2. The van der Waals surface area contributed by atoms with Gasteiger partial charge in [-0.2, -0.15) is 0 Å². The van der Waals surface area contributed by atoms with Crippen LogP contribution in [0.1, 0.15) is 10.4 Å². The number of nitrogen functional groups attached to an aromatic ring is 1. The summed E-state index contributed by atoms with van der Waals surface area (Å²) in [6, 6.07) is 13.9. The number of anilines is 1. The molecule has 0 saturated heterocycles. The number of methoxy groups -OCH3 is 1. The van der Waals surface area contributed by atoms with Gasteiger partial charge in [-0.05, 0) is 23.1 Å². The summed E-state index contributed by atoms with van der Waals surface area (Å²) in [5.41, 5.74) is 6.44. The van der Waals surface area contributed by atoms with Gasteiger partial charge in [0.2, 0.25) is 0 Å². The summed E-state index contributed by atoms with van der Waals surface area (Å²) < 4.78 is 19.3. The Morgan fingerprint density at radius 1 is 1.09 bits per heavy atom. The molecule has 0 aromatic heterocycles. The molecule has 3 aromatic rings. The maximum atomic E-state index is 14.7. The van der Waals surface area contributed by atoms with Gasteiger partial charge in [-0.15, -0.1) is 0 Å². The van der Waals surface area contributed by atoms with E-state index in [4.69, 9.17) is 17.3 Å². The van der Waals surface area contributed by atoms with Gasteiger partial charge >= 0.3 is 5.97 Å². The lowest BCUT2D eigenvalue weighted by molar-refractivity contribution is 0.0601. The van der Waals surface area contributed by atoms with E-state index in [1.807, 2.05) is 24.3 Å². The summed E-state index contributed by atoms with van der Waals surface area (Å²) in [6.45, 7) is 0. The van der Waals surface area contributed by atoms with E-state index in [0.717, 1.165) is 10.8 Å². The predicted molar refractivity (Wildman–Crippen MR) is 90.1 cm³/mol. The molecule has 0 aliphatic rings. The van der Waals surface area contributed by atoms with Crippen molar-refractivity contribution < 1.29 is 13.9 Å². The van der Waals surface area contributed by atoms with Crippen molar-refractivity contribution in [3.63, 3.8) is 0 Å². The summed E-state index contributed by atoms with van der Waals surface area (Å²) in [5.74, 6) is -1.34. The van der Waals surface area contributed by atoms with Gasteiger partial charge in [-0.1, -0.05) is 48.0 Å². The van der Waals surface area contributed by atoms with Gasteiger partial charge < -0.3 is 10.5 Å². The zero-order valence-electron chi connectivity index (χ0n) is 12.3. The first-order chi connectivity index (χ1) is 11.0. The number of halogens is 2. The van der Waals surface area contributed by atoms with E-state index >= 15 is 0 Å². The van der Waals surface area contributed by atoms with Crippen molar-refractivity contribution in [1.29, 1.82) is 0 Å². The zero-order chi connectivity index (χ0) is 16.6. The standard InChI is InChI=1S/C18H13ClFNO2/c1-23-18(22)13-9-8-12(16(20)17(13)21)11-6-2-4-10-5-3-7-14(19)15(10)11/h2-9H,21H2,1H3. The van der Waals surface area contributed by atoms with Gasteiger partial charge in [0.15, 0.2) is 5.82 Å². The van der Waals surface area contributed by atoms with E-state index in [1.54, 1.807) is 12.1 Å². The van der Waals surface area contributed by atoms with Gasteiger partial charge in [-0.3, -0.25) is 0 Å². The first-order valence-corrected chi connectivity index (χ1v) is 7.26. The van der Waals surface area contributed by atoms with Gasteiger partial charge in [0.1, 0.15) is 0 Å². The molecule has 0 radical (unpaired) electrons. The van der Waals surface area contributed by atoms with Crippen LogP contribution < -0.4 is 5.73 Å². The highest BCUT2D eigenvalue weighted by Gasteiger charge is 2.19. The molecule has 116 valence electrons. The van der Waals surface area contributed by atoms with Crippen molar-refractivity contribution in [1.82, 2.24) is 0 Å². The van der Waals surface area contributed by atoms with Crippen molar-refractivity contribution in [2.24, 2.45) is 0 Å². The Labute approximate surface area is 137 Å². The normalized spacial score (nSPS) is 10.7. The third kappa shape index (κ3) is 2.51. The molecule has 5 heteroatoms. The minimum atomic E-state index is -0.677.